The Labute approximate surface area is 423 Å². The summed E-state index contributed by atoms with van der Waals surface area (Å²) in [4.78, 5) is 24.4. The second-order valence-electron chi connectivity index (χ2n) is 20.3. The highest BCUT2D eigenvalue weighted by Gasteiger charge is 2.18. The van der Waals surface area contributed by atoms with Crippen LogP contribution in [0.1, 0.15) is 309 Å². The minimum absolute atomic E-state index is 0.00309. The van der Waals surface area contributed by atoms with Gasteiger partial charge in [-0.2, -0.15) is 0 Å². The minimum Gasteiger partial charge on any atom is -0.466 e. The smallest absolute Gasteiger partial charge is 0.305 e. The number of ether oxygens (including phenoxy) is 1. The summed E-state index contributed by atoms with van der Waals surface area (Å²) in [7, 11) is 0. The third-order valence-electron chi connectivity index (χ3n) is 13.6. The molecule has 0 bridgehead atoms. The summed E-state index contributed by atoms with van der Waals surface area (Å²) in [6, 6.07) is -0.633. The molecule has 0 rings (SSSR count). The normalized spacial score (nSPS) is 12.9. The van der Waals surface area contributed by atoms with Crippen LogP contribution in [0.5, 0.6) is 0 Å². The van der Waals surface area contributed by atoms with Crippen molar-refractivity contribution in [2.75, 3.05) is 13.2 Å². The number of hydrogen-bond donors (Lipinski definition) is 3. The van der Waals surface area contributed by atoms with Gasteiger partial charge in [0.1, 0.15) is 0 Å². The topological polar surface area (TPSA) is 95.9 Å². The van der Waals surface area contributed by atoms with Crippen LogP contribution in [-0.2, 0) is 14.3 Å². The number of rotatable bonds is 55. The summed E-state index contributed by atoms with van der Waals surface area (Å²) in [5.74, 6) is -0.0770. The molecule has 398 valence electrons. The van der Waals surface area contributed by atoms with E-state index >= 15 is 0 Å². The van der Waals surface area contributed by atoms with Crippen molar-refractivity contribution in [3.63, 3.8) is 0 Å². The van der Waals surface area contributed by atoms with Gasteiger partial charge in [0.25, 0.3) is 0 Å². The molecule has 0 spiro atoms. The highest BCUT2D eigenvalue weighted by atomic mass is 16.5. The van der Waals surface area contributed by atoms with Crippen molar-refractivity contribution in [1.82, 2.24) is 5.32 Å². The lowest BCUT2D eigenvalue weighted by Gasteiger charge is -2.20. The zero-order valence-corrected chi connectivity index (χ0v) is 45.3. The largest absolute Gasteiger partial charge is 0.466 e. The van der Waals surface area contributed by atoms with Crippen LogP contribution in [0.15, 0.2) is 48.6 Å². The zero-order valence-electron chi connectivity index (χ0n) is 45.3. The van der Waals surface area contributed by atoms with E-state index in [2.05, 4.69) is 55.6 Å². The molecule has 0 aromatic heterocycles. The molecule has 0 aromatic rings. The summed E-state index contributed by atoms with van der Waals surface area (Å²) in [6.07, 6.45) is 72.9. The number of aliphatic hydroxyl groups excluding tert-OH is 2. The van der Waals surface area contributed by atoms with E-state index in [0.29, 0.717) is 19.4 Å². The maximum absolute atomic E-state index is 12.5. The summed E-state index contributed by atoms with van der Waals surface area (Å²) in [6.45, 7) is 4.86. The molecule has 0 aliphatic heterocycles. The van der Waals surface area contributed by atoms with Gasteiger partial charge in [-0.05, 0) is 83.5 Å². The van der Waals surface area contributed by atoms with Gasteiger partial charge in [0.15, 0.2) is 0 Å². The number of esters is 1. The Hall–Kier alpha value is -2.18. The molecule has 0 heterocycles. The van der Waals surface area contributed by atoms with Crippen molar-refractivity contribution in [2.24, 2.45) is 0 Å². The van der Waals surface area contributed by atoms with E-state index in [0.717, 1.165) is 51.4 Å². The number of allylic oxidation sites excluding steroid dienone is 7. The zero-order chi connectivity index (χ0) is 49.3. The second kappa shape index (κ2) is 57.4. The summed E-state index contributed by atoms with van der Waals surface area (Å²) in [5.41, 5.74) is 0. The fraction of sp³-hybridized carbons (Fsp3) is 0.839. The van der Waals surface area contributed by atoms with Gasteiger partial charge < -0.3 is 20.3 Å². The Kier molecular flexibility index (Phi) is 55.6. The van der Waals surface area contributed by atoms with Crippen LogP contribution in [0.25, 0.3) is 0 Å². The molecule has 1 amide bonds. The van der Waals surface area contributed by atoms with Crippen LogP contribution < -0.4 is 5.32 Å². The third kappa shape index (κ3) is 53.2. The van der Waals surface area contributed by atoms with Crippen molar-refractivity contribution >= 4 is 11.9 Å². The molecular weight excluding hydrogens is 839 g/mol. The lowest BCUT2D eigenvalue weighted by molar-refractivity contribution is -0.143. The Bertz CT molecular complexity index is 1150. The first-order chi connectivity index (χ1) is 33.5. The van der Waals surface area contributed by atoms with E-state index in [4.69, 9.17) is 4.74 Å². The first-order valence-corrected chi connectivity index (χ1v) is 29.9. The molecule has 68 heavy (non-hydrogen) atoms. The van der Waals surface area contributed by atoms with Gasteiger partial charge in [-0.25, -0.2) is 0 Å². The van der Waals surface area contributed by atoms with Crippen molar-refractivity contribution in [2.45, 2.75) is 321 Å². The van der Waals surface area contributed by atoms with Crippen molar-refractivity contribution < 1.29 is 24.5 Å². The van der Waals surface area contributed by atoms with Gasteiger partial charge in [0.2, 0.25) is 5.91 Å². The van der Waals surface area contributed by atoms with Crippen molar-refractivity contribution in [3.05, 3.63) is 48.6 Å². The standard InChI is InChI=1S/C62H115NO5/c1-3-5-7-9-11-13-15-16-28-31-35-38-42-46-50-54-60(65)59(58-64)63-61(66)55-51-47-43-39-36-32-29-26-24-22-20-18-17-19-21-23-25-27-30-33-37-41-45-49-53-57-68-62(67)56-52-48-44-40-34-14-12-10-8-6-4-2/h10,12,18-21,50,54,59-60,64-65H,3-9,11,13-17,22-49,51-53,55-58H2,1-2H3,(H,63,66)/b12-10-,20-18-,21-19-,54-50+. The predicted molar refractivity (Wildman–Crippen MR) is 296 cm³/mol. The van der Waals surface area contributed by atoms with Gasteiger partial charge in [-0.1, -0.05) is 262 Å². The second-order valence-corrected chi connectivity index (χ2v) is 20.3. The molecule has 0 radical (unpaired) electrons. The average molecular weight is 955 g/mol. The van der Waals surface area contributed by atoms with E-state index in [1.807, 2.05) is 6.08 Å². The number of aliphatic hydroxyl groups is 2. The Morgan fingerprint density at radius 1 is 0.412 bits per heavy atom. The molecular formula is C62H115NO5. The van der Waals surface area contributed by atoms with Crippen LogP contribution in [0, 0.1) is 0 Å². The molecule has 2 atom stereocenters. The molecule has 0 aliphatic rings. The number of amides is 1. The van der Waals surface area contributed by atoms with Crippen molar-refractivity contribution in [1.29, 1.82) is 0 Å². The fourth-order valence-corrected chi connectivity index (χ4v) is 8.94. The summed E-state index contributed by atoms with van der Waals surface area (Å²) < 4.78 is 5.45. The van der Waals surface area contributed by atoms with Crippen LogP contribution in [0.3, 0.4) is 0 Å². The molecule has 0 saturated heterocycles. The number of carbonyl (C=O) groups excluding carboxylic acids is 2. The molecule has 0 saturated carbocycles. The lowest BCUT2D eigenvalue weighted by atomic mass is 10.0. The molecule has 3 N–H and O–H groups in total. The highest BCUT2D eigenvalue weighted by Crippen LogP contribution is 2.16. The lowest BCUT2D eigenvalue weighted by Crippen LogP contribution is -2.45. The highest BCUT2D eigenvalue weighted by molar-refractivity contribution is 5.76. The van der Waals surface area contributed by atoms with E-state index in [-0.39, 0.29) is 18.5 Å². The van der Waals surface area contributed by atoms with Crippen LogP contribution in [-0.4, -0.2) is 47.4 Å². The number of hydrogen-bond acceptors (Lipinski definition) is 5. The Morgan fingerprint density at radius 2 is 0.750 bits per heavy atom. The maximum Gasteiger partial charge on any atom is 0.305 e. The van der Waals surface area contributed by atoms with Crippen LogP contribution in [0.4, 0.5) is 0 Å². The number of nitrogens with one attached hydrogen (secondary N) is 1. The third-order valence-corrected chi connectivity index (χ3v) is 13.6. The fourth-order valence-electron chi connectivity index (χ4n) is 8.94. The molecule has 0 fully saturated rings. The quantitative estimate of drug-likeness (QED) is 0.0321. The molecule has 2 unspecified atom stereocenters. The van der Waals surface area contributed by atoms with Crippen LogP contribution in [0.2, 0.25) is 0 Å². The summed E-state index contributed by atoms with van der Waals surface area (Å²) in [5, 5.41) is 23.1. The number of carbonyl (C=O) groups is 2. The van der Waals surface area contributed by atoms with E-state index < -0.39 is 12.1 Å². The van der Waals surface area contributed by atoms with E-state index in [9.17, 15) is 19.8 Å². The van der Waals surface area contributed by atoms with Gasteiger partial charge in [-0.3, -0.25) is 9.59 Å². The van der Waals surface area contributed by atoms with E-state index in [1.165, 1.54) is 231 Å². The molecule has 6 nitrogen and oxygen atoms in total. The Morgan fingerprint density at radius 3 is 1.18 bits per heavy atom. The van der Waals surface area contributed by atoms with Gasteiger partial charge in [0.05, 0.1) is 25.4 Å². The average Bonchev–Trinajstić information content (AvgIpc) is 3.34. The monoisotopic (exact) mass is 954 g/mol. The first kappa shape index (κ1) is 65.8. The Balaban J connectivity index is 3.47. The molecule has 0 aliphatic carbocycles. The van der Waals surface area contributed by atoms with Gasteiger partial charge >= 0.3 is 5.97 Å². The summed E-state index contributed by atoms with van der Waals surface area (Å²) >= 11 is 0. The maximum atomic E-state index is 12.5. The number of unbranched alkanes of at least 4 members (excludes halogenated alkanes) is 38. The van der Waals surface area contributed by atoms with Gasteiger partial charge in [-0.15, -0.1) is 0 Å². The SMILES string of the molecule is CCCC/C=C\CCCCCCCC(=O)OCCCCCCCCCCC/C=C\C/C=C\CCCCCCCCCCCC(=O)NC(CO)C(O)/C=C/CCCCCCCCCCCCCCC. The predicted octanol–water partition coefficient (Wildman–Crippen LogP) is 18.6. The van der Waals surface area contributed by atoms with Gasteiger partial charge in [0, 0.05) is 12.8 Å². The van der Waals surface area contributed by atoms with E-state index in [1.54, 1.807) is 6.08 Å². The molecule has 6 heteroatoms. The first-order valence-electron chi connectivity index (χ1n) is 29.9. The minimum atomic E-state index is -0.849. The van der Waals surface area contributed by atoms with Crippen LogP contribution >= 0.6 is 0 Å². The van der Waals surface area contributed by atoms with Crippen molar-refractivity contribution in [3.8, 4) is 0 Å². The molecule has 0 aromatic carbocycles.